The van der Waals surface area contributed by atoms with Gasteiger partial charge in [-0.25, -0.2) is 0 Å². The van der Waals surface area contributed by atoms with Crippen LogP contribution in [-0.2, 0) is 4.79 Å². The molecule has 1 aliphatic carbocycles. The number of hydrogen-bond acceptors (Lipinski definition) is 2. The molecule has 1 heterocycles. The van der Waals surface area contributed by atoms with Crippen molar-refractivity contribution in [3.8, 4) is 11.8 Å². The Balaban J connectivity index is 1.72. The standard InChI is InChI=1S/C19H20ClN3O2/c1-2-5-18(24)22-15-6-3-4-7-16(15)23-19(25)17-11-12-10-13(20)8-9-14(12)21-17/h8-11,15-16,21H,3-4,6-7H2,1H3,(H,22,24)(H,23,25)/t15-,16+/m0/s1. The second-order valence-electron chi connectivity index (χ2n) is 6.23. The first-order valence-electron chi connectivity index (χ1n) is 8.39. The van der Waals surface area contributed by atoms with Crippen LogP contribution in [0.5, 0.6) is 0 Å². The van der Waals surface area contributed by atoms with E-state index in [-0.39, 0.29) is 23.9 Å². The van der Waals surface area contributed by atoms with Gasteiger partial charge in [0.05, 0.1) is 0 Å². The van der Waals surface area contributed by atoms with Gasteiger partial charge < -0.3 is 15.6 Å². The number of rotatable bonds is 3. The van der Waals surface area contributed by atoms with Crippen molar-refractivity contribution in [1.29, 1.82) is 0 Å². The minimum atomic E-state index is -0.297. The van der Waals surface area contributed by atoms with Crippen LogP contribution in [0.4, 0.5) is 0 Å². The zero-order chi connectivity index (χ0) is 17.8. The largest absolute Gasteiger partial charge is 0.351 e. The molecule has 0 unspecified atom stereocenters. The highest BCUT2D eigenvalue weighted by atomic mass is 35.5. The van der Waals surface area contributed by atoms with Crippen LogP contribution in [0.25, 0.3) is 10.9 Å². The lowest BCUT2D eigenvalue weighted by molar-refractivity contribution is -0.116. The van der Waals surface area contributed by atoms with Gasteiger partial charge in [0.25, 0.3) is 11.8 Å². The monoisotopic (exact) mass is 357 g/mol. The van der Waals surface area contributed by atoms with Crippen molar-refractivity contribution in [2.45, 2.75) is 44.7 Å². The molecule has 2 amide bonds. The molecule has 0 bridgehead atoms. The van der Waals surface area contributed by atoms with E-state index in [9.17, 15) is 9.59 Å². The predicted molar refractivity (Wildman–Crippen MR) is 98.4 cm³/mol. The molecule has 6 heteroatoms. The van der Waals surface area contributed by atoms with Crippen LogP contribution in [0, 0.1) is 11.8 Å². The molecular formula is C19H20ClN3O2. The maximum atomic E-state index is 12.6. The number of nitrogens with one attached hydrogen (secondary N) is 3. The van der Waals surface area contributed by atoms with E-state index < -0.39 is 0 Å². The maximum absolute atomic E-state index is 12.6. The number of amides is 2. The van der Waals surface area contributed by atoms with Gasteiger partial charge in [-0.3, -0.25) is 9.59 Å². The van der Waals surface area contributed by atoms with Crippen LogP contribution < -0.4 is 10.6 Å². The molecule has 1 aromatic heterocycles. The van der Waals surface area contributed by atoms with E-state index in [1.54, 1.807) is 19.1 Å². The summed E-state index contributed by atoms with van der Waals surface area (Å²) < 4.78 is 0. The van der Waals surface area contributed by atoms with Crippen molar-refractivity contribution in [2.75, 3.05) is 0 Å². The van der Waals surface area contributed by atoms with Gasteiger partial charge in [-0.05, 0) is 50.0 Å². The summed E-state index contributed by atoms with van der Waals surface area (Å²) in [5, 5.41) is 7.47. The van der Waals surface area contributed by atoms with Crippen LogP contribution in [0.2, 0.25) is 5.02 Å². The van der Waals surface area contributed by atoms with Gasteiger partial charge in [0.2, 0.25) is 0 Å². The Morgan fingerprint density at radius 2 is 1.88 bits per heavy atom. The molecule has 2 atom stereocenters. The number of benzene rings is 1. The molecule has 0 spiro atoms. The smallest absolute Gasteiger partial charge is 0.296 e. The third-order valence-electron chi connectivity index (χ3n) is 4.46. The van der Waals surface area contributed by atoms with E-state index in [1.807, 2.05) is 12.1 Å². The fourth-order valence-electron chi connectivity index (χ4n) is 3.27. The van der Waals surface area contributed by atoms with Gasteiger partial charge in [0.1, 0.15) is 5.69 Å². The molecule has 3 N–H and O–H groups in total. The van der Waals surface area contributed by atoms with Crippen LogP contribution in [-0.4, -0.2) is 28.9 Å². The Bertz CT molecular complexity index is 862. The summed E-state index contributed by atoms with van der Waals surface area (Å²) in [6, 6.07) is 7.04. The fourth-order valence-corrected chi connectivity index (χ4v) is 3.45. The highest BCUT2D eigenvalue weighted by molar-refractivity contribution is 6.31. The molecule has 1 aliphatic rings. The summed E-state index contributed by atoms with van der Waals surface area (Å²) in [5.41, 5.74) is 1.35. The fraction of sp³-hybridized carbons (Fsp3) is 0.368. The maximum Gasteiger partial charge on any atom is 0.296 e. The van der Waals surface area contributed by atoms with Gasteiger partial charge in [0, 0.05) is 28.0 Å². The molecule has 0 saturated heterocycles. The first kappa shape index (κ1) is 17.4. The zero-order valence-corrected chi connectivity index (χ0v) is 14.7. The number of aromatic amines is 1. The number of H-pyrrole nitrogens is 1. The third kappa shape index (κ3) is 4.15. The average Bonchev–Trinajstić information content (AvgIpc) is 3.00. The van der Waals surface area contributed by atoms with Gasteiger partial charge in [-0.2, -0.15) is 0 Å². The highest BCUT2D eigenvalue weighted by Crippen LogP contribution is 2.22. The Morgan fingerprint density at radius 1 is 1.16 bits per heavy atom. The van der Waals surface area contributed by atoms with E-state index in [1.165, 1.54) is 0 Å². The number of carbonyl (C=O) groups excluding carboxylic acids is 2. The van der Waals surface area contributed by atoms with Crippen LogP contribution in [0.15, 0.2) is 24.3 Å². The quantitative estimate of drug-likeness (QED) is 0.739. The SMILES string of the molecule is CC#CC(=O)N[C@H]1CCCC[C@H]1NC(=O)c1cc2cc(Cl)ccc2[nH]1. The number of halogens is 1. The first-order chi connectivity index (χ1) is 12.1. The lowest BCUT2D eigenvalue weighted by atomic mass is 9.90. The summed E-state index contributed by atoms with van der Waals surface area (Å²) in [6.07, 6.45) is 3.73. The third-order valence-corrected chi connectivity index (χ3v) is 4.70. The van der Waals surface area contributed by atoms with E-state index in [0.717, 1.165) is 36.6 Å². The zero-order valence-electron chi connectivity index (χ0n) is 14.0. The van der Waals surface area contributed by atoms with Crippen LogP contribution in [0.3, 0.4) is 0 Å². The van der Waals surface area contributed by atoms with E-state index in [4.69, 9.17) is 11.6 Å². The van der Waals surface area contributed by atoms with E-state index in [2.05, 4.69) is 27.5 Å². The number of carbonyl (C=O) groups is 2. The molecular weight excluding hydrogens is 338 g/mol. The lowest BCUT2D eigenvalue weighted by Gasteiger charge is -2.32. The second kappa shape index (κ2) is 7.62. The van der Waals surface area contributed by atoms with Crippen molar-refractivity contribution in [3.05, 3.63) is 35.0 Å². The Labute approximate surface area is 151 Å². The van der Waals surface area contributed by atoms with E-state index >= 15 is 0 Å². The molecule has 2 aromatic rings. The Kier molecular flexibility index (Phi) is 5.30. The number of fused-ring (bicyclic) bond motifs is 1. The van der Waals surface area contributed by atoms with Gasteiger partial charge >= 0.3 is 0 Å². The second-order valence-corrected chi connectivity index (χ2v) is 6.67. The van der Waals surface area contributed by atoms with Gasteiger partial charge in [0.15, 0.2) is 0 Å². The minimum absolute atomic E-state index is 0.0927. The molecule has 0 aliphatic heterocycles. The first-order valence-corrected chi connectivity index (χ1v) is 8.77. The Morgan fingerprint density at radius 3 is 2.60 bits per heavy atom. The van der Waals surface area contributed by atoms with Crippen molar-refractivity contribution in [2.24, 2.45) is 0 Å². The van der Waals surface area contributed by atoms with Gasteiger partial charge in [-0.15, -0.1) is 0 Å². The predicted octanol–water partition coefficient (Wildman–Crippen LogP) is 3.00. The summed E-state index contributed by atoms with van der Waals surface area (Å²) in [7, 11) is 0. The summed E-state index contributed by atoms with van der Waals surface area (Å²) in [6.45, 7) is 1.63. The van der Waals surface area contributed by atoms with Crippen molar-refractivity contribution < 1.29 is 9.59 Å². The van der Waals surface area contributed by atoms with Crippen LogP contribution in [0.1, 0.15) is 43.1 Å². The van der Waals surface area contributed by atoms with Crippen molar-refractivity contribution in [3.63, 3.8) is 0 Å². The molecule has 1 saturated carbocycles. The Hall–Kier alpha value is -2.45. The summed E-state index contributed by atoms with van der Waals surface area (Å²) >= 11 is 5.99. The van der Waals surface area contributed by atoms with Gasteiger partial charge in [-0.1, -0.05) is 30.4 Å². The van der Waals surface area contributed by atoms with Crippen LogP contribution >= 0.6 is 11.6 Å². The summed E-state index contributed by atoms with van der Waals surface area (Å²) in [4.78, 5) is 27.5. The lowest BCUT2D eigenvalue weighted by Crippen LogP contribution is -2.53. The molecule has 3 rings (SSSR count). The minimum Gasteiger partial charge on any atom is -0.351 e. The highest BCUT2D eigenvalue weighted by Gasteiger charge is 2.28. The van der Waals surface area contributed by atoms with Crippen molar-refractivity contribution >= 4 is 34.3 Å². The summed E-state index contributed by atoms with van der Waals surface area (Å²) in [5.74, 6) is 4.60. The molecule has 1 aromatic carbocycles. The van der Waals surface area contributed by atoms with Crippen molar-refractivity contribution in [1.82, 2.24) is 15.6 Å². The van der Waals surface area contributed by atoms with E-state index in [0.29, 0.717) is 10.7 Å². The molecule has 5 nitrogen and oxygen atoms in total. The molecule has 0 radical (unpaired) electrons. The molecule has 130 valence electrons. The molecule has 1 fully saturated rings. The number of hydrogen-bond donors (Lipinski definition) is 3. The number of aromatic nitrogens is 1. The molecule has 25 heavy (non-hydrogen) atoms. The topological polar surface area (TPSA) is 74.0 Å². The normalized spacial score (nSPS) is 19.8. The average molecular weight is 358 g/mol.